The maximum Gasteiger partial charge on any atom is 0.101 e. The highest BCUT2D eigenvalue weighted by molar-refractivity contribution is 5.58. The third kappa shape index (κ3) is 4.38. The van der Waals surface area contributed by atoms with Crippen molar-refractivity contribution in [1.29, 1.82) is 5.26 Å². The number of aliphatic hydroxyl groups is 1. The van der Waals surface area contributed by atoms with E-state index in [2.05, 4.69) is 25.2 Å². The van der Waals surface area contributed by atoms with Gasteiger partial charge in [0, 0.05) is 6.54 Å². The van der Waals surface area contributed by atoms with Crippen LogP contribution in [0, 0.1) is 24.2 Å². The average molecular weight is 246 g/mol. The SMILES string of the molecule is Cc1ccc(NCC(C)(O)CC(C)C)c(C#N)c1. The normalized spacial score (nSPS) is 14.1. The summed E-state index contributed by atoms with van der Waals surface area (Å²) >= 11 is 0. The lowest BCUT2D eigenvalue weighted by Gasteiger charge is -2.26. The summed E-state index contributed by atoms with van der Waals surface area (Å²) in [4.78, 5) is 0. The van der Waals surface area contributed by atoms with Crippen LogP contribution < -0.4 is 5.32 Å². The number of benzene rings is 1. The molecule has 0 amide bonds. The molecule has 0 aliphatic rings. The fourth-order valence-corrected chi connectivity index (χ4v) is 2.14. The van der Waals surface area contributed by atoms with E-state index >= 15 is 0 Å². The predicted octanol–water partition coefficient (Wildman–Crippen LogP) is 3.08. The second kappa shape index (κ2) is 5.88. The van der Waals surface area contributed by atoms with Crippen molar-refractivity contribution in [2.75, 3.05) is 11.9 Å². The standard InChI is InChI=1S/C15H22N2O/c1-11(2)8-15(4,18)10-17-14-6-5-12(3)7-13(14)9-16/h5-7,11,17-18H,8,10H2,1-4H3. The van der Waals surface area contributed by atoms with E-state index in [1.807, 2.05) is 32.0 Å². The third-order valence-electron chi connectivity index (χ3n) is 2.80. The van der Waals surface area contributed by atoms with Gasteiger partial charge in [-0.05, 0) is 43.9 Å². The molecule has 18 heavy (non-hydrogen) atoms. The lowest BCUT2D eigenvalue weighted by Crippen LogP contribution is -2.35. The van der Waals surface area contributed by atoms with E-state index in [4.69, 9.17) is 5.26 Å². The second-order valence-electron chi connectivity index (χ2n) is 5.61. The van der Waals surface area contributed by atoms with Gasteiger partial charge < -0.3 is 10.4 Å². The minimum atomic E-state index is -0.758. The molecule has 0 aliphatic heterocycles. The molecule has 0 saturated carbocycles. The second-order valence-corrected chi connectivity index (χ2v) is 5.61. The highest BCUT2D eigenvalue weighted by Gasteiger charge is 2.21. The molecule has 1 unspecified atom stereocenters. The molecule has 0 spiro atoms. The Balaban J connectivity index is 2.72. The van der Waals surface area contributed by atoms with Gasteiger partial charge in [-0.3, -0.25) is 0 Å². The van der Waals surface area contributed by atoms with Crippen LogP contribution in [-0.4, -0.2) is 17.3 Å². The van der Waals surface area contributed by atoms with E-state index in [0.29, 0.717) is 18.0 Å². The van der Waals surface area contributed by atoms with E-state index in [9.17, 15) is 5.11 Å². The van der Waals surface area contributed by atoms with Crippen molar-refractivity contribution in [3.63, 3.8) is 0 Å². The fraction of sp³-hybridized carbons (Fsp3) is 0.533. The average Bonchev–Trinajstić information content (AvgIpc) is 2.25. The van der Waals surface area contributed by atoms with E-state index in [0.717, 1.165) is 17.7 Å². The Morgan fingerprint density at radius 2 is 2.11 bits per heavy atom. The molecule has 0 saturated heterocycles. The first-order valence-corrected chi connectivity index (χ1v) is 6.31. The molecule has 3 nitrogen and oxygen atoms in total. The molecule has 2 N–H and O–H groups in total. The third-order valence-corrected chi connectivity index (χ3v) is 2.80. The zero-order chi connectivity index (χ0) is 13.8. The van der Waals surface area contributed by atoms with Gasteiger partial charge in [-0.2, -0.15) is 5.26 Å². The number of hydrogen-bond acceptors (Lipinski definition) is 3. The van der Waals surface area contributed by atoms with Crippen LogP contribution in [0.5, 0.6) is 0 Å². The van der Waals surface area contributed by atoms with Crippen LogP contribution >= 0.6 is 0 Å². The first-order valence-electron chi connectivity index (χ1n) is 6.31. The maximum atomic E-state index is 10.2. The molecule has 0 radical (unpaired) electrons. The van der Waals surface area contributed by atoms with Crippen molar-refractivity contribution in [3.05, 3.63) is 29.3 Å². The lowest BCUT2D eigenvalue weighted by atomic mass is 9.94. The van der Waals surface area contributed by atoms with Crippen LogP contribution in [0.15, 0.2) is 18.2 Å². The lowest BCUT2D eigenvalue weighted by molar-refractivity contribution is 0.0515. The van der Waals surface area contributed by atoms with E-state index < -0.39 is 5.60 Å². The Bertz CT molecular complexity index is 444. The fourth-order valence-electron chi connectivity index (χ4n) is 2.14. The molecule has 0 fully saturated rings. The largest absolute Gasteiger partial charge is 0.388 e. The van der Waals surface area contributed by atoms with Crippen molar-refractivity contribution >= 4 is 5.69 Å². The summed E-state index contributed by atoms with van der Waals surface area (Å²) in [7, 11) is 0. The van der Waals surface area contributed by atoms with Gasteiger partial charge in [-0.25, -0.2) is 0 Å². The zero-order valence-electron chi connectivity index (χ0n) is 11.6. The van der Waals surface area contributed by atoms with Gasteiger partial charge in [0.05, 0.1) is 16.9 Å². The monoisotopic (exact) mass is 246 g/mol. The molecule has 3 heteroatoms. The molecule has 98 valence electrons. The van der Waals surface area contributed by atoms with E-state index in [1.165, 1.54) is 0 Å². The van der Waals surface area contributed by atoms with Gasteiger partial charge in [-0.15, -0.1) is 0 Å². The van der Waals surface area contributed by atoms with Crippen LogP contribution in [-0.2, 0) is 0 Å². The number of nitrogens with zero attached hydrogens (tertiary/aromatic N) is 1. The van der Waals surface area contributed by atoms with Crippen LogP contribution in [0.1, 0.15) is 38.3 Å². The Morgan fingerprint density at radius 3 is 2.67 bits per heavy atom. The van der Waals surface area contributed by atoms with Crippen LogP contribution in [0.4, 0.5) is 5.69 Å². The number of anilines is 1. The smallest absolute Gasteiger partial charge is 0.101 e. The van der Waals surface area contributed by atoms with Gasteiger partial charge in [0.1, 0.15) is 6.07 Å². The Morgan fingerprint density at radius 1 is 1.44 bits per heavy atom. The molecule has 0 aromatic heterocycles. The molecule has 1 rings (SSSR count). The number of hydrogen-bond donors (Lipinski definition) is 2. The summed E-state index contributed by atoms with van der Waals surface area (Å²) < 4.78 is 0. The molecule has 1 atom stereocenters. The first-order chi connectivity index (χ1) is 8.34. The quantitative estimate of drug-likeness (QED) is 0.839. The van der Waals surface area contributed by atoms with Crippen LogP contribution in [0.25, 0.3) is 0 Å². The van der Waals surface area contributed by atoms with Crippen molar-refractivity contribution in [2.24, 2.45) is 5.92 Å². The molecule has 1 aromatic rings. The number of aryl methyl sites for hydroxylation is 1. The van der Waals surface area contributed by atoms with Crippen LogP contribution in [0.2, 0.25) is 0 Å². The van der Waals surface area contributed by atoms with Crippen molar-refractivity contribution in [1.82, 2.24) is 0 Å². The molecule has 0 bridgehead atoms. The van der Waals surface area contributed by atoms with Gasteiger partial charge in [0.25, 0.3) is 0 Å². The van der Waals surface area contributed by atoms with Crippen molar-refractivity contribution < 1.29 is 5.11 Å². The summed E-state index contributed by atoms with van der Waals surface area (Å²) in [5, 5.41) is 22.4. The van der Waals surface area contributed by atoms with Gasteiger partial charge >= 0.3 is 0 Å². The van der Waals surface area contributed by atoms with Crippen molar-refractivity contribution in [3.8, 4) is 6.07 Å². The van der Waals surface area contributed by atoms with Crippen molar-refractivity contribution in [2.45, 2.75) is 39.7 Å². The molecule has 0 aliphatic carbocycles. The van der Waals surface area contributed by atoms with E-state index in [-0.39, 0.29) is 0 Å². The number of rotatable bonds is 5. The van der Waals surface area contributed by atoms with Crippen LogP contribution in [0.3, 0.4) is 0 Å². The summed E-state index contributed by atoms with van der Waals surface area (Å²) in [6.07, 6.45) is 0.730. The Hall–Kier alpha value is -1.53. The van der Waals surface area contributed by atoms with E-state index in [1.54, 1.807) is 0 Å². The van der Waals surface area contributed by atoms with Gasteiger partial charge in [0.15, 0.2) is 0 Å². The topological polar surface area (TPSA) is 56.0 Å². The highest BCUT2D eigenvalue weighted by Crippen LogP contribution is 2.20. The van der Waals surface area contributed by atoms with Gasteiger partial charge in [-0.1, -0.05) is 19.9 Å². The first kappa shape index (κ1) is 14.5. The summed E-state index contributed by atoms with van der Waals surface area (Å²) in [5.41, 5.74) is 1.71. The minimum absolute atomic E-state index is 0.440. The zero-order valence-corrected chi connectivity index (χ0v) is 11.6. The highest BCUT2D eigenvalue weighted by atomic mass is 16.3. The Labute approximate surface area is 109 Å². The molecule has 1 aromatic carbocycles. The molecular formula is C15H22N2O. The van der Waals surface area contributed by atoms with Gasteiger partial charge in [0.2, 0.25) is 0 Å². The number of nitriles is 1. The molecular weight excluding hydrogens is 224 g/mol. The summed E-state index contributed by atoms with van der Waals surface area (Å²) in [6.45, 7) is 8.39. The predicted molar refractivity (Wildman–Crippen MR) is 74.5 cm³/mol. The summed E-state index contributed by atoms with van der Waals surface area (Å²) in [6, 6.07) is 7.86. The summed E-state index contributed by atoms with van der Waals surface area (Å²) in [5.74, 6) is 0.440. The Kier molecular flexibility index (Phi) is 4.75. The maximum absolute atomic E-state index is 10.2. The minimum Gasteiger partial charge on any atom is -0.388 e. The number of nitrogens with one attached hydrogen (secondary N) is 1. The molecule has 0 heterocycles.